The summed E-state index contributed by atoms with van der Waals surface area (Å²) in [5, 5.41) is 8.65. The third kappa shape index (κ3) is 5.76. The first kappa shape index (κ1) is 20.8. The molecule has 0 aliphatic carbocycles. The molecular weight excluding hydrogens is 346 g/mol. The predicted molar refractivity (Wildman–Crippen MR) is 109 cm³/mol. The Bertz CT molecular complexity index is 613. The number of hydrogen-bond acceptors (Lipinski definition) is 4. The van der Waals surface area contributed by atoms with E-state index in [2.05, 4.69) is 24.0 Å². The van der Waals surface area contributed by atoms with Crippen LogP contribution in [0, 0.1) is 11.3 Å². The highest BCUT2D eigenvalue weighted by Crippen LogP contribution is 2.29. The standard InChI is InChI=1S/C21H31NO3S/c1-5-15-10-12-22(13-11-15)17-8-6-16(7-9-17)14-18(19(23)24)26-20(25)21(2,3)4/h6-9,15,18H,5,10-14H2,1-4H3,(H,23,24). The Morgan fingerprint density at radius 1 is 1.19 bits per heavy atom. The van der Waals surface area contributed by atoms with Gasteiger partial charge in [0.15, 0.2) is 5.12 Å². The molecule has 26 heavy (non-hydrogen) atoms. The van der Waals surface area contributed by atoms with Crippen LogP contribution in [0.4, 0.5) is 5.69 Å². The van der Waals surface area contributed by atoms with Gasteiger partial charge < -0.3 is 10.0 Å². The number of benzene rings is 1. The van der Waals surface area contributed by atoms with Gasteiger partial charge in [0.25, 0.3) is 0 Å². The molecule has 1 fully saturated rings. The van der Waals surface area contributed by atoms with Crippen LogP contribution in [-0.4, -0.2) is 34.5 Å². The molecule has 0 amide bonds. The Balaban J connectivity index is 1.98. The van der Waals surface area contributed by atoms with Gasteiger partial charge in [-0.1, -0.05) is 58.0 Å². The van der Waals surface area contributed by atoms with E-state index in [0.717, 1.165) is 36.3 Å². The zero-order valence-electron chi connectivity index (χ0n) is 16.3. The first-order valence-corrected chi connectivity index (χ1v) is 10.4. The number of rotatable bonds is 6. The molecule has 1 heterocycles. The van der Waals surface area contributed by atoms with E-state index in [4.69, 9.17) is 0 Å². The summed E-state index contributed by atoms with van der Waals surface area (Å²) >= 11 is 0.941. The summed E-state index contributed by atoms with van der Waals surface area (Å²) in [6.45, 7) is 9.89. The van der Waals surface area contributed by atoms with Crippen molar-refractivity contribution < 1.29 is 14.7 Å². The fraction of sp³-hybridized carbons (Fsp3) is 0.619. The number of carboxylic acids is 1. The number of hydrogen-bond donors (Lipinski definition) is 1. The molecule has 1 unspecified atom stereocenters. The largest absolute Gasteiger partial charge is 0.480 e. The third-order valence-corrected chi connectivity index (χ3v) is 6.53. The average molecular weight is 378 g/mol. The minimum atomic E-state index is -0.932. The number of aliphatic carboxylic acids is 1. The van der Waals surface area contributed by atoms with Gasteiger partial charge in [-0.15, -0.1) is 0 Å². The Morgan fingerprint density at radius 2 is 1.77 bits per heavy atom. The van der Waals surface area contributed by atoms with Crippen LogP contribution in [-0.2, 0) is 16.0 Å². The van der Waals surface area contributed by atoms with Crippen molar-refractivity contribution in [1.29, 1.82) is 0 Å². The average Bonchev–Trinajstić information content (AvgIpc) is 2.61. The predicted octanol–water partition coefficient (Wildman–Crippen LogP) is 4.61. The first-order valence-electron chi connectivity index (χ1n) is 9.48. The molecule has 0 bridgehead atoms. The third-order valence-electron chi connectivity index (χ3n) is 5.05. The molecule has 2 rings (SSSR count). The Morgan fingerprint density at radius 3 is 2.23 bits per heavy atom. The van der Waals surface area contributed by atoms with Crippen molar-refractivity contribution >= 4 is 28.5 Å². The summed E-state index contributed by atoms with van der Waals surface area (Å²) in [4.78, 5) is 26.1. The molecule has 0 aromatic heterocycles. The summed E-state index contributed by atoms with van der Waals surface area (Å²) in [7, 11) is 0. The van der Waals surface area contributed by atoms with Gasteiger partial charge in [-0.2, -0.15) is 0 Å². The molecule has 5 heteroatoms. The molecule has 1 saturated heterocycles. The molecule has 4 nitrogen and oxygen atoms in total. The fourth-order valence-corrected chi connectivity index (χ4v) is 4.13. The molecule has 0 spiro atoms. The quantitative estimate of drug-likeness (QED) is 0.784. The highest BCUT2D eigenvalue weighted by Gasteiger charge is 2.29. The Labute approximate surface area is 161 Å². The van der Waals surface area contributed by atoms with Gasteiger partial charge >= 0.3 is 5.97 Å². The number of carbonyl (C=O) groups is 2. The maximum atomic E-state index is 12.2. The SMILES string of the molecule is CCC1CCN(c2ccc(CC(SC(=O)C(C)(C)C)C(=O)O)cc2)CC1. The van der Waals surface area contributed by atoms with Crippen LogP contribution in [0.3, 0.4) is 0 Å². The number of carbonyl (C=O) groups excluding carboxylic acids is 1. The van der Waals surface area contributed by atoms with Crippen molar-refractivity contribution in [1.82, 2.24) is 0 Å². The monoisotopic (exact) mass is 377 g/mol. The van der Waals surface area contributed by atoms with Crippen molar-refractivity contribution in [2.75, 3.05) is 18.0 Å². The summed E-state index contributed by atoms with van der Waals surface area (Å²) in [6, 6.07) is 8.16. The second kappa shape index (κ2) is 8.94. The van der Waals surface area contributed by atoms with E-state index < -0.39 is 16.6 Å². The van der Waals surface area contributed by atoms with E-state index in [-0.39, 0.29) is 5.12 Å². The minimum absolute atomic E-state index is 0.0830. The molecule has 144 valence electrons. The Hall–Kier alpha value is -1.49. The van der Waals surface area contributed by atoms with Crippen LogP contribution in [0.25, 0.3) is 0 Å². The van der Waals surface area contributed by atoms with Crippen LogP contribution in [0.5, 0.6) is 0 Å². The minimum Gasteiger partial charge on any atom is -0.480 e. The van der Waals surface area contributed by atoms with E-state index >= 15 is 0 Å². The summed E-state index contributed by atoms with van der Waals surface area (Å²) < 4.78 is 0. The van der Waals surface area contributed by atoms with Gasteiger partial charge in [0.05, 0.1) is 0 Å². The molecule has 1 atom stereocenters. The van der Waals surface area contributed by atoms with Crippen molar-refractivity contribution in [3.8, 4) is 0 Å². The van der Waals surface area contributed by atoms with Crippen LogP contribution >= 0.6 is 11.8 Å². The van der Waals surface area contributed by atoms with Crippen LogP contribution < -0.4 is 4.90 Å². The molecule has 1 aliphatic rings. The lowest BCUT2D eigenvalue weighted by molar-refractivity contribution is -0.136. The molecule has 1 aromatic carbocycles. The number of nitrogens with zero attached hydrogens (tertiary/aromatic N) is 1. The van der Waals surface area contributed by atoms with Gasteiger partial charge in [-0.3, -0.25) is 9.59 Å². The highest BCUT2D eigenvalue weighted by molar-refractivity contribution is 8.14. The van der Waals surface area contributed by atoms with Crippen molar-refractivity contribution in [2.24, 2.45) is 11.3 Å². The van der Waals surface area contributed by atoms with Gasteiger partial charge in [-0.05, 0) is 42.9 Å². The molecule has 0 radical (unpaired) electrons. The zero-order chi connectivity index (χ0) is 19.3. The van der Waals surface area contributed by atoms with Gasteiger partial charge in [0.2, 0.25) is 0 Å². The van der Waals surface area contributed by atoms with Gasteiger partial charge in [0, 0.05) is 24.2 Å². The van der Waals surface area contributed by atoms with E-state index in [9.17, 15) is 14.7 Å². The molecule has 1 aliphatic heterocycles. The van der Waals surface area contributed by atoms with Gasteiger partial charge in [0.1, 0.15) is 5.25 Å². The van der Waals surface area contributed by atoms with Crippen molar-refractivity contribution in [3.05, 3.63) is 29.8 Å². The summed E-state index contributed by atoms with van der Waals surface area (Å²) in [5.41, 5.74) is 1.62. The number of piperidine rings is 1. The zero-order valence-corrected chi connectivity index (χ0v) is 17.1. The number of thioether (sulfide) groups is 1. The lowest BCUT2D eigenvalue weighted by atomic mass is 9.94. The van der Waals surface area contributed by atoms with Crippen LogP contribution in [0.2, 0.25) is 0 Å². The van der Waals surface area contributed by atoms with E-state index in [0.29, 0.717) is 6.42 Å². The fourth-order valence-electron chi connectivity index (χ4n) is 3.14. The molecule has 1 aromatic rings. The lowest BCUT2D eigenvalue weighted by Gasteiger charge is -2.33. The summed E-state index contributed by atoms with van der Waals surface area (Å²) in [6.07, 6.45) is 4.10. The molecular formula is C21H31NO3S. The Kier molecular flexibility index (Phi) is 7.16. The smallest absolute Gasteiger partial charge is 0.317 e. The van der Waals surface area contributed by atoms with Crippen LogP contribution in [0.1, 0.15) is 52.5 Å². The maximum Gasteiger partial charge on any atom is 0.317 e. The second-order valence-electron chi connectivity index (χ2n) is 8.19. The number of anilines is 1. The number of carboxylic acid groups (broad SMARTS) is 1. The highest BCUT2D eigenvalue weighted by atomic mass is 32.2. The van der Waals surface area contributed by atoms with E-state index in [1.165, 1.54) is 24.9 Å². The summed E-state index contributed by atoms with van der Waals surface area (Å²) in [5.74, 6) is -0.0856. The second-order valence-corrected chi connectivity index (χ2v) is 9.37. The lowest BCUT2D eigenvalue weighted by Crippen LogP contribution is -2.33. The van der Waals surface area contributed by atoms with Crippen LogP contribution in [0.15, 0.2) is 24.3 Å². The van der Waals surface area contributed by atoms with E-state index in [1.807, 2.05) is 32.9 Å². The molecule has 0 saturated carbocycles. The van der Waals surface area contributed by atoms with Crippen molar-refractivity contribution in [3.63, 3.8) is 0 Å². The van der Waals surface area contributed by atoms with E-state index in [1.54, 1.807) is 0 Å². The van der Waals surface area contributed by atoms with Gasteiger partial charge in [-0.25, -0.2) is 0 Å². The molecule has 1 N–H and O–H groups in total. The van der Waals surface area contributed by atoms with Crippen molar-refractivity contribution in [2.45, 2.75) is 58.6 Å². The maximum absolute atomic E-state index is 12.2. The first-order chi connectivity index (χ1) is 12.2. The topological polar surface area (TPSA) is 57.6 Å². The normalized spacial score (nSPS) is 17.2.